The van der Waals surface area contributed by atoms with Gasteiger partial charge >= 0.3 is 0 Å². The number of hydrazone groups is 1. The lowest BCUT2D eigenvalue weighted by Crippen LogP contribution is -2.36. The Morgan fingerprint density at radius 2 is 2.04 bits per heavy atom. The minimum Gasteiger partial charge on any atom is -0.507 e. The van der Waals surface area contributed by atoms with E-state index in [0.29, 0.717) is 17.7 Å². The Hall–Kier alpha value is -2.54. The third kappa shape index (κ3) is 5.49. The highest BCUT2D eigenvalue weighted by molar-refractivity contribution is 9.10. The lowest BCUT2D eigenvalue weighted by molar-refractivity contribution is -0.121. The van der Waals surface area contributed by atoms with Crippen molar-refractivity contribution in [3.8, 4) is 11.5 Å². The molecule has 0 bridgehead atoms. The fourth-order valence-electron chi connectivity index (χ4n) is 2.11. The predicted octanol–water partition coefficient (Wildman–Crippen LogP) is 3.50. The second kappa shape index (κ2) is 9.08. The average Bonchev–Trinajstić information content (AvgIpc) is 2.62. The number of nitrogens with zero attached hydrogens (tertiary/aromatic N) is 1. The van der Waals surface area contributed by atoms with Gasteiger partial charge in [0.2, 0.25) is 0 Å². The molecule has 132 valence electrons. The molecule has 1 amide bonds. The number of hydrogen-bond donors (Lipinski definition) is 3. The number of nitrogens with one attached hydrogen (secondary N) is 2. The van der Waals surface area contributed by atoms with E-state index in [1.165, 1.54) is 19.4 Å². The highest BCUT2D eigenvalue weighted by atomic mass is 79.9. The summed E-state index contributed by atoms with van der Waals surface area (Å²) in [6.45, 7) is 1.91. The maximum absolute atomic E-state index is 12.3. The van der Waals surface area contributed by atoms with Gasteiger partial charge < -0.3 is 15.2 Å². The SMILES string of the molecule is CC[C@H](Nc1ccc(Br)cc1)C(=O)N/N=C/c1cc(OC)ccc1O. The Morgan fingerprint density at radius 3 is 2.68 bits per heavy atom. The van der Waals surface area contributed by atoms with Crippen LogP contribution >= 0.6 is 15.9 Å². The first kappa shape index (κ1) is 18.8. The van der Waals surface area contributed by atoms with E-state index in [9.17, 15) is 9.90 Å². The molecule has 0 aromatic heterocycles. The van der Waals surface area contributed by atoms with Crippen molar-refractivity contribution >= 4 is 33.7 Å². The zero-order valence-corrected chi connectivity index (χ0v) is 15.6. The first-order chi connectivity index (χ1) is 12.0. The number of carbonyl (C=O) groups excluding carboxylic acids is 1. The van der Waals surface area contributed by atoms with Crippen LogP contribution in [0.15, 0.2) is 52.0 Å². The molecule has 0 aliphatic rings. The third-order valence-corrected chi connectivity index (χ3v) is 4.05. The van der Waals surface area contributed by atoms with Crippen LogP contribution in [0.1, 0.15) is 18.9 Å². The van der Waals surface area contributed by atoms with Crippen molar-refractivity contribution in [3.05, 3.63) is 52.5 Å². The van der Waals surface area contributed by atoms with Crippen molar-refractivity contribution in [2.75, 3.05) is 12.4 Å². The molecular formula is C18H20BrN3O3. The Morgan fingerprint density at radius 1 is 1.32 bits per heavy atom. The molecule has 3 N–H and O–H groups in total. The van der Waals surface area contributed by atoms with Crippen LogP contribution in [0.3, 0.4) is 0 Å². The molecule has 2 aromatic rings. The predicted molar refractivity (Wildman–Crippen MR) is 102 cm³/mol. The molecule has 25 heavy (non-hydrogen) atoms. The Balaban J connectivity index is 1.98. The minimum atomic E-state index is -0.419. The second-order valence-corrected chi connectivity index (χ2v) is 6.19. The lowest BCUT2D eigenvalue weighted by Gasteiger charge is -2.16. The van der Waals surface area contributed by atoms with Gasteiger partial charge in [-0.05, 0) is 48.9 Å². The van der Waals surface area contributed by atoms with Crippen LogP contribution in [0.4, 0.5) is 5.69 Å². The maximum Gasteiger partial charge on any atom is 0.262 e. The van der Waals surface area contributed by atoms with Crippen LogP contribution in [-0.2, 0) is 4.79 Å². The number of hydrogen-bond acceptors (Lipinski definition) is 5. The summed E-state index contributed by atoms with van der Waals surface area (Å²) in [4.78, 5) is 12.3. The van der Waals surface area contributed by atoms with Gasteiger partial charge in [0.05, 0.1) is 13.3 Å². The van der Waals surface area contributed by atoms with Crippen molar-refractivity contribution in [2.45, 2.75) is 19.4 Å². The van der Waals surface area contributed by atoms with Crippen LogP contribution in [0, 0.1) is 0 Å². The van der Waals surface area contributed by atoms with Crippen LogP contribution < -0.4 is 15.5 Å². The highest BCUT2D eigenvalue weighted by Crippen LogP contribution is 2.21. The number of benzene rings is 2. The normalized spacial score (nSPS) is 12.0. The topological polar surface area (TPSA) is 83.0 Å². The molecule has 6 nitrogen and oxygen atoms in total. The summed E-state index contributed by atoms with van der Waals surface area (Å²) >= 11 is 3.37. The molecule has 2 rings (SSSR count). The monoisotopic (exact) mass is 405 g/mol. The van der Waals surface area contributed by atoms with Gasteiger partial charge in [-0.25, -0.2) is 5.43 Å². The van der Waals surface area contributed by atoms with E-state index in [1.807, 2.05) is 31.2 Å². The van der Waals surface area contributed by atoms with Crippen molar-refractivity contribution in [2.24, 2.45) is 5.10 Å². The molecule has 0 saturated heterocycles. The van der Waals surface area contributed by atoms with Gasteiger partial charge in [0.25, 0.3) is 5.91 Å². The summed E-state index contributed by atoms with van der Waals surface area (Å²) in [5, 5.41) is 16.9. The van der Waals surface area contributed by atoms with Crippen LogP contribution in [0.25, 0.3) is 0 Å². The van der Waals surface area contributed by atoms with E-state index in [-0.39, 0.29) is 11.7 Å². The van der Waals surface area contributed by atoms with E-state index in [1.54, 1.807) is 12.1 Å². The Labute approximate surface area is 155 Å². The van der Waals surface area contributed by atoms with E-state index >= 15 is 0 Å². The number of amides is 1. The number of carbonyl (C=O) groups is 1. The van der Waals surface area contributed by atoms with E-state index in [4.69, 9.17) is 4.74 Å². The van der Waals surface area contributed by atoms with Gasteiger partial charge in [0.15, 0.2) is 0 Å². The molecule has 0 aliphatic heterocycles. The standard InChI is InChI=1S/C18H20BrN3O3/c1-3-16(21-14-6-4-13(19)5-7-14)18(24)22-20-11-12-10-15(25-2)8-9-17(12)23/h4-11,16,21,23H,3H2,1-2H3,(H,22,24)/b20-11+/t16-/m0/s1. The van der Waals surface area contributed by atoms with Crippen molar-refractivity contribution in [1.29, 1.82) is 0 Å². The fraction of sp³-hybridized carbons (Fsp3) is 0.222. The number of ether oxygens (including phenoxy) is 1. The number of phenolic OH excluding ortho intramolecular Hbond substituents is 1. The molecule has 0 saturated carbocycles. The highest BCUT2D eigenvalue weighted by Gasteiger charge is 2.15. The zero-order chi connectivity index (χ0) is 18.2. The molecule has 1 atom stereocenters. The quantitative estimate of drug-likeness (QED) is 0.486. The van der Waals surface area contributed by atoms with E-state index < -0.39 is 6.04 Å². The van der Waals surface area contributed by atoms with Gasteiger partial charge in [0, 0.05) is 15.7 Å². The van der Waals surface area contributed by atoms with Crippen LogP contribution in [-0.4, -0.2) is 30.4 Å². The van der Waals surface area contributed by atoms with Crippen LogP contribution in [0.2, 0.25) is 0 Å². The number of halogens is 1. The summed E-state index contributed by atoms with van der Waals surface area (Å²) in [5.41, 5.74) is 3.78. The first-order valence-electron chi connectivity index (χ1n) is 7.75. The minimum absolute atomic E-state index is 0.0545. The van der Waals surface area contributed by atoms with Crippen molar-refractivity contribution in [1.82, 2.24) is 5.43 Å². The summed E-state index contributed by atoms with van der Waals surface area (Å²) in [6, 6.07) is 11.9. The number of methoxy groups -OCH3 is 1. The van der Waals surface area contributed by atoms with Gasteiger partial charge in [-0.3, -0.25) is 4.79 Å². The number of phenols is 1. The van der Waals surface area contributed by atoms with Gasteiger partial charge in [-0.15, -0.1) is 0 Å². The van der Waals surface area contributed by atoms with E-state index in [2.05, 4.69) is 31.8 Å². The first-order valence-corrected chi connectivity index (χ1v) is 8.54. The van der Waals surface area contributed by atoms with Crippen molar-refractivity contribution < 1.29 is 14.6 Å². The fourth-order valence-corrected chi connectivity index (χ4v) is 2.37. The van der Waals surface area contributed by atoms with Crippen LogP contribution in [0.5, 0.6) is 11.5 Å². The summed E-state index contributed by atoms with van der Waals surface area (Å²) in [7, 11) is 1.54. The maximum atomic E-state index is 12.3. The van der Waals surface area contributed by atoms with Crippen molar-refractivity contribution in [3.63, 3.8) is 0 Å². The molecule has 0 radical (unpaired) electrons. The van der Waals surface area contributed by atoms with E-state index in [0.717, 1.165) is 10.2 Å². The Bertz CT molecular complexity index is 748. The second-order valence-electron chi connectivity index (χ2n) is 5.27. The van der Waals surface area contributed by atoms with Gasteiger partial charge in [0.1, 0.15) is 17.5 Å². The smallest absolute Gasteiger partial charge is 0.262 e. The largest absolute Gasteiger partial charge is 0.507 e. The number of anilines is 1. The third-order valence-electron chi connectivity index (χ3n) is 3.52. The number of rotatable bonds is 7. The average molecular weight is 406 g/mol. The zero-order valence-electron chi connectivity index (χ0n) is 14.0. The molecule has 0 aliphatic carbocycles. The molecule has 7 heteroatoms. The summed E-state index contributed by atoms with van der Waals surface area (Å²) < 4.78 is 6.06. The van der Waals surface area contributed by atoms with Gasteiger partial charge in [-0.2, -0.15) is 5.10 Å². The molecule has 0 unspecified atom stereocenters. The lowest BCUT2D eigenvalue weighted by atomic mass is 10.2. The summed E-state index contributed by atoms with van der Waals surface area (Å²) in [6.07, 6.45) is 1.98. The Kier molecular flexibility index (Phi) is 6.82. The van der Waals surface area contributed by atoms with Gasteiger partial charge in [-0.1, -0.05) is 22.9 Å². The molecular weight excluding hydrogens is 386 g/mol. The molecule has 0 spiro atoms. The molecule has 0 heterocycles. The summed E-state index contributed by atoms with van der Waals surface area (Å²) in [5.74, 6) is 0.386. The molecule has 2 aromatic carbocycles. The molecule has 0 fully saturated rings. The number of aromatic hydroxyl groups is 1.